The summed E-state index contributed by atoms with van der Waals surface area (Å²) < 4.78 is 6.30. The van der Waals surface area contributed by atoms with E-state index in [1.807, 2.05) is 0 Å². The summed E-state index contributed by atoms with van der Waals surface area (Å²) in [5.74, 6) is 0.201. The van der Waals surface area contributed by atoms with Crippen molar-refractivity contribution in [3.8, 4) is 11.4 Å². The molecule has 0 aliphatic heterocycles. The van der Waals surface area contributed by atoms with E-state index >= 15 is 0 Å². The topological polar surface area (TPSA) is 67.5 Å². The molecule has 0 saturated heterocycles. The number of hydrogen-bond donors (Lipinski definition) is 2. The SMILES string of the molecule is OB(O)Oc1ccc(-n2cccn2)cc1Cl. The molecule has 0 spiro atoms. The normalized spacial score (nSPS) is 10.2. The Morgan fingerprint density at radius 2 is 2.19 bits per heavy atom. The molecule has 0 radical (unpaired) electrons. The lowest BCUT2D eigenvalue weighted by Crippen LogP contribution is -2.20. The Bertz CT molecular complexity index is 476. The van der Waals surface area contributed by atoms with E-state index in [0.29, 0.717) is 0 Å². The summed E-state index contributed by atoms with van der Waals surface area (Å²) in [4.78, 5) is 0. The van der Waals surface area contributed by atoms with E-state index in [9.17, 15) is 0 Å². The molecule has 82 valence electrons. The first-order valence-electron chi connectivity index (χ1n) is 4.49. The Morgan fingerprint density at radius 3 is 2.75 bits per heavy atom. The van der Waals surface area contributed by atoms with E-state index in [2.05, 4.69) is 9.75 Å². The van der Waals surface area contributed by atoms with Crippen LogP contribution in [-0.2, 0) is 0 Å². The predicted molar refractivity (Wildman–Crippen MR) is 59.4 cm³/mol. The van der Waals surface area contributed by atoms with Gasteiger partial charge in [-0.1, -0.05) is 11.6 Å². The zero-order valence-electron chi connectivity index (χ0n) is 8.12. The summed E-state index contributed by atoms with van der Waals surface area (Å²) in [5.41, 5.74) is 0.759. The van der Waals surface area contributed by atoms with Crippen LogP contribution in [0.4, 0.5) is 0 Å². The van der Waals surface area contributed by atoms with E-state index < -0.39 is 7.32 Å². The number of halogens is 1. The van der Waals surface area contributed by atoms with Crippen LogP contribution in [0.5, 0.6) is 5.75 Å². The number of benzene rings is 1. The molecule has 5 nitrogen and oxygen atoms in total. The van der Waals surface area contributed by atoms with Crippen molar-refractivity contribution in [3.05, 3.63) is 41.7 Å². The van der Waals surface area contributed by atoms with Crippen LogP contribution < -0.4 is 4.65 Å². The largest absolute Gasteiger partial charge is 0.707 e. The van der Waals surface area contributed by atoms with Gasteiger partial charge < -0.3 is 14.7 Å². The highest BCUT2D eigenvalue weighted by Gasteiger charge is 2.14. The third-order valence-corrected chi connectivity index (χ3v) is 2.21. The lowest BCUT2D eigenvalue weighted by atomic mass is 10.2. The Morgan fingerprint density at radius 1 is 1.38 bits per heavy atom. The van der Waals surface area contributed by atoms with Crippen molar-refractivity contribution >= 4 is 18.9 Å². The highest BCUT2D eigenvalue weighted by molar-refractivity contribution is 6.36. The minimum Gasteiger partial charge on any atom is -0.511 e. The van der Waals surface area contributed by atoms with Crippen molar-refractivity contribution in [1.82, 2.24) is 9.78 Å². The highest BCUT2D eigenvalue weighted by atomic mass is 35.5. The standard InChI is InChI=1S/C9H8BClN2O3/c11-8-6-7(13-5-1-4-12-13)2-3-9(8)16-10(14)15/h1-6,14-15H. The molecule has 0 aliphatic rings. The number of aromatic nitrogens is 2. The Hall–Kier alpha value is -1.50. The van der Waals surface area contributed by atoms with E-state index in [1.165, 1.54) is 0 Å². The highest BCUT2D eigenvalue weighted by Crippen LogP contribution is 2.26. The molecule has 0 saturated carbocycles. The second-order valence-corrected chi connectivity index (χ2v) is 3.42. The van der Waals surface area contributed by atoms with Crippen molar-refractivity contribution < 1.29 is 14.7 Å². The quantitative estimate of drug-likeness (QED) is 0.779. The van der Waals surface area contributed by atoms with E-state index in [1.54, 1.807) is 41.3 Å². The molecule has 0 unspecified atom stereocenters. The van der Waals surface area contributed by atoms with Gasteiger partial charge in [-0.3, -0.25) is 0 Å². The Labute approximate surface area is 97.0 Å². The van der Waals surface area contributed by atoms with Gasteiger partial charge in [0.25, 0.3) is 0 Å². The van der Waals surface area contributed by atoms with Gasteiger partial charge in [-0.2, -0.15) is 5.10 Å². The van der Waals surface area contributed by atoms with E-state index in [-0.39, 0.29) is 10.8 Å². The molecule has 1 heterocycles. The van der Waals surface area contributed by atoms with Crippen LogP contribution in [0.25, 0.3) is 5.69 Å². The van der Waals surface area contributed by atoms with Gasteiger partial charge in [0, 0.05) is 12.4 Å². The second kappa shape index (κ2) is 4.57. The minimum atomic E-state index is -1.88. The predicted octanol–water partition coefficient (Wildman–Crippen LogP) is 0.874. The molecule has 2 N–H and O–H groups in total. The van der Waals surface area contributed by atoms with Crippen LogP contribution >= 0.6 is 11.6 Å². The van der Waals surface area contributed by atoms with Gasteiger partial charge in [-0.25, -0.2) is 4.68 Å². The molecular weight excluding hydrogens is 230 g/mol. The molecule has 2 aromatic rings. The van der Waals surface area contributed by atoms with Crippen molar-refractivity contribution in [2.75, 3.05) is 0 Å². The fourth-order valence-corrected chi connectivity index (χ4v) is 1.48. The molecular formula is C9H8BClN2O3. The first kappa shape index (κ1) is 11.0. The molecule has 2 rings (SSSR count). The molecule has 0 amide bonds. The number of hydrogen-bond acceptors (Lipinski definition) is 4. The fourth-order valence-electron chi connectivity index (χ4n) is 1.26. The third kappa shape index (κ3) is 2.36. The maximum Gasteiger partial charge on any atom is 0.707 e. The van der Waals surface area contributed by atoms with Crippen molar-refractivity contribution in [2.24, 2.45) is 0 Å². The summed E-state index contributed by atoms with van der Waals surface area (Å²) >= 11 is 5.90. The lowest BCUT2D eigenvalue weighted by molar-refractivity contribution is 0.288. The summed E-state index contributed by atoms with van der Waals surface area (Å²) in [6.45, 7) is 0. The fraction of sp³-hybridized carbons (Fsp3) is 0. The van der Waals surface area contributed by atoms with Gasteiger partial charge in [0.15, 0.2) is 0 Å². The smallest absolute Gasteiger partial charge is 0.511 e. The van der Waals surface area contributed by atoms with Crippen molar-refractivity contribution in [2.45, 2.75) is 0 Å². The summed E-state index contributed by atoms with van der Waals surface area (Å²) in [6, 6.07) is 6.65. The summed E-state index contributed by atoms with van der Waals surface area (Å²) in [5, 5.41) is 21.6. The molecule has 7 heteroatoms. The zero-order valence-corrected chi connectivity index (χ0v) is 8.87. The maximum absolute atomic E-state index is 8.64. The molecule has 0 atom stereocenters. The first-order valence-corrected chi connectivity index (χ1v) is 4.87. The zero-order chi connectivity index (χ0) is 11.5. The number of nitrogens with zero attached hydrogens (tertiary/aromatic N) is 2. The molecule has 1 aromatic heterocycles. The van der Waals surface area contributed by atoms with E-state index in [4.69, 9.17) is 21.6 Å². The molecule has 0 bridgehead atoms. The van der Waals surface area contributed by atoms with Crippen LogP contribution in [0.3, 0.4) is 0 Å². The van der Waals surface area contributed by atoms with Gasteiger partial charge in [0.2, 0.25) is 0 Å². The van der Waals surface area contributed by atoms with Gasteiger partial charge in [-0.05, 0) is 24.3 Å². The monoisotopic (exact) mass is 238 g/mol. The van der Waals surface area contributed by atoms with Crippen LogP contribution in [0.2, 0.25) is 5.02 Å². The van der Waals surface area contributed by atoms with Crippen LogP contribution in [0, 0.1) is 0 Å². The molecule has 16 heavy (non-hydrogen) atoms. The Kier molecular flexibility index (Phi) is 3.14. The van der Waals surface area contributed by atoms with Crippen molar-refractivity contribution in [1.29, 1.82) is 0 Å². The molecule has 0 aliphatic carbocycles. The van der Waals surface area contributed by atoms with Gasteiger partial charge >= 0.3 is 7.32 Å². The maximum atomic E-state index is 8.64. The minimum absolute atomic E-state index is 0.201. The summed E-state index contributed by atoms with van der Waals surface area (Å²) in [7, 11) is -1.88. The van der Waals surface area contributed by atoms with Crippen LogP contribution in [0.15, 0.2) is 36.7 Å². The summed E-state index contributed by atoms with van der Waals surface area (Å²) in [6.07, 6.45) is 3.42. The average Bonchev–Trinajstić information content (AvgIpc) is 2.73. The number of rotatable bonds is 3. The van der Waals surface area contributed by atoms with Crippen LogP contribution in [-0.4, -0.2) is 27.1 Å². The molecule has 1 aromatic carbocycles. The van der Waals surface area contributed by atoms with Crippen molar-refractivity contribution in [3.63, 3.8) is 0 Å². The van der Waals surface area contributed by atoms with Gasteiger partial charge in [-0.15, -0.1) is 0 Å². The Balaban J connectivity index is 2.29. The van der Waals surface area contributed by atoms with Gasteiger partial charge in [0.1, 0.15) is 5.75 Å². The third-order valence-electron chi connectivity index (χ3n) is 1.92. The lowest BCUT2D eigenvalue weighted by Gasteiger charge is -2.08. The first-order chi connectivity index (χ1) is 7.66. The van der Waals surface area contributed by atoms with E-state index in [0.717, 1.165) is 5.69 Å². The molecule has 0 fully saturated rings. The van der Waals surface area contributed by atoms with Gasteiger partial charge in [0.05, 0.1) is 10.7 Å². The van der Waals surface area contributed by atoms with Crippen LogP contribution in [0.1, 0.15) is 0 Å². The second-order valence-electron chi connectivity index (χ2n) is 3.01. The average molecular weight is 238 g/mol.